The number of ether oxygens (including phenoxy) is 1. The van der Waals surface area contributed by atoms with Gasteiger partial charge in [0.1, 0.15) is 18.3 Å². The lowest BCUT2D eigenvalue weighted by atomic mass is 10.1. The summed E-state index contributed by atoms with van der Waals surface area (Å²) in [7, 11) is -4.77. The summed E-state index contributed by atoms with van der Waals surface area (Å²) < 4.78 is 22.0. The standard InChI is InChI=1S/C14H22N5O8PS/c1-29-4-2-3-15-14-17-11-8(12(22)18-14)16-6-19(11)13-10(21)9(20)7(27-13)5-26-28(23,24)25/h6-7,9-10,13,20-21H,2-5H2,1H3,(H2,23,24,25)(H2,15,17,18,22)/t7-,9-,10-,13-/m1/s1. The maximum Gasteiger partial charge on any atom is 0.469 e. The fourth-order valence-electron chi connectivity index (χ4n) is 2.89. The highest BCUT2D eigenvalue weighted by atomic mass is 32.2. The maximum atomic E-state index is 12.3. The molecule has 1 aliphatic rings. The zero-order valence-corrected chi connectivity index (χ0v) is 17.0. The van der Waals surface area contributed by atoms with Crippen molar-refractivity contribution in [1.82, 2.24) is 19.5 Å². The van der Waals surface area contributed by atoms with E-state index in [1.54, 1.807) is 11.8 Å². The third-order valence-corrected chi connectivity index (χ3v) is 5.45. The van der Waals surface area contributed by atoms with Crippen molar-refractivity contribution in [3.05, 3.63) is 16.7 Å². The zero-order valence-electron chi connectivity index (χ0n) is 15.3. The highest BCUT2D eigenvalue weighted by Gasteiger charge is 2.45. The van der Waals surface area contributed by atoms with E-state index in [-0.39, 0.29) is 17.1 Å². The summed E-state index contributed by atoms with van der Waals surface area (Å²) in [6.07, 6.45) is -1.24. The van der Waals surface area contributed by atoms with Crippen molar-refractivity contribution in [3.8, 4) is 0 Å². The third-order valence-electron chi connectivity index (χ3n) is 4.27. The average molecular weight is 451 g/mol. The lowest BCUT2D eigenvalue weighted by molar-refractivity contribution is -0.0503. The summed E-state index contributed by atoms with van der Waals surface area (Å²) in [5.74, 6) is 1.16. The number of hydrogen-bond donors (Lipinski definition) is 6. The molecule has 1 saturated heterocycles. The Morgan fingerprint density at radius 3 is 2.86 bits per heavy atom. The second-order valence-corrected chi connectivity index (χ2v) is 8.57. The zero-order chi connectivity index (χ0) is 21.2. The van der Waals surface area contributed by atoms with Crippen molar-refractivity contribution in [1.29, 1.82) is 0 Å². The second kappa shape index (κ2) is 9.10. The molecule has 4 atom stereocenters. The molecule has 13 nitrogen and oxygen atoms in total. The van der Waals surface area contributed by atoms with Crippen LogP contribution >= 0.6 is 19.6 Å². The van der Waals surface area contributed by atoms with Crippen LogP contribution in [0.15, 0.2) is 11.1 Å². The minimum Gasteiger partial charge on any atom is -0.387 e. The average Bonchev–Trinajstić information content (AvgIpc) is 3.19. The lowest BCUT2D eigenvalue weighted by Crippen LogP contribution is -2.33. The molecule has 0 amide bonds. The van der Waals surface area contributed by atoms with E-state index in [2.05, 4.69) is 24.8 Å². The van der Waals surface area contributed by atoms with Crippen LogP contribution in [-0.2, 0) is 13.8 Å². The van der Waals surface area contributed by atoms with E-state index in [0.717, 1.165) is 12.2 Å². The first kappa shape index (κ1) is 22.2. The topological polar surface area (TPSA) is 192 Å². The van der Waals surface area contributed by atoms with Gasteiger partial charge in [0.25, 0.3) is 5.56 Å². The van der Waals surface area contributed by atoms with Crippen LogP contribution in [0.4, 0.5) is 5.95 Å². The van der Waals surface area contributed by atoms with Gasteiger partial charge in [0, 0.05) is 6.54 Å². The van der Waals surface area contributed by atoms with Gasteiger partial charge in [0.05, 0.1) is 12.9 Å². The van der Waals surface area contributed by atoms with Gasteiger partial charge in [-0.15, -0.1) is 0 Å². The predicted molar refractivity (Wildman–Crippen MR) is 104 cm³/mol. The Labute approximate surface area is 168 Å². The molecule has 0 bridgehead atoms. The van der Waals surface area contributed by atoms with Gasteiger partial charge in [0.15, 0.2) is 17.4 Å². The van der Waals surface area contributed by atoms with Crippen molar-refractivity contribution in [2.24, 2.45) is 0 Å². The van der Waals surface area contributed by atoms with E-state index >= 15 is 0 Å². The van der Waals surface area contributed by atoms with Gasteiger partial charge in [0.2, 0.25) is 5.95 Å². The third kappa shape index (κ3) is 5.16. The molecule has 15 heteroatoms. The summed E-state index contributed by atoms with van der Waals surface area (Å²) in [6.45, 7) is -0.0472. The highest BCUT2D eigenvalue weighted by Crippen LogP contribution is 2.38. The Bertz CT molecular complexity index is 948. The molecule has 3 rings (SSSR count). The van der Waals surface area contributed by atoms with Gasteiger partial charge in [-0.1, -0.05) is 0 Å². The molecule has 0 saturated carbocycles. The number of fused-ring (bicyclic) bond motifs is 1. The van der Waals surface area contributed by atoms with Crippen LogP contribution < -0.4 is 10.9 Å². The van der Waals surface area contributed by atoms with Crippen molar-refractivity contribution in [2.45, 2.75) is 31.0 Å². The number of phosphoric ester groups is 1. The number of nitrogens with zero attached hydrogens (tertiary/aromatic N) is 3. The van der Waals surface area contributed by atoms with Crippen LogP contribution in [0.25, 0.3) is 11.2 Å². The van der Waals surface area contributed by atoms with Gasteiger partial charge in [-0.3, -0.25) is 18.9 Å². The van der Waals surface area contributed by atoms with Crippen LogP contribution in [-0.4, -0.2) is 83.0 Å². The largest absolute Gasteiger partial charge is 0.469 e. The number of aromatic nitrogens is 4. The summed E-state index contributed by atoms with van der Waals surface area (Å²) >= 11 is 1.70. The summed E-state index contributed by atoms with van der Waals surface area (Å²) in [5, 5.41) is 23.5. The number of imidazole rings is 1. The first-order chi connectivity index (χ1) is 13.7. The number of anilines is 1. The molecule has 0 radical (unpaired) electrons. The van der Waals surface area contributed by atoms with Crippen LogP contribution in [0.2, 0.25) is 0 Å². The number of aliphatic hydroxyl groups is 2. The van der Waals surface area contributed by atoms with Crippen LogP contribution in [0.5, 0.6) is 0 Å². The summed E-state index contributed by atoms with van der Waals surface area (Å²) in [6, 6.07) is 0. The second-order valence-electron chi connectivity index (χ2n) is 6.34. The first-order valence-corrected chi connectivity index (χ1v) is 11.5. The van der Waals surface area contributed by atoms with Gasteiger partial charge in [-0.25, -0.2) is 9.55 Å². The van der Waals surface area contributed by atoms with E-state index in [9.17, 15) is 19.6 Å². The van der Waals surface area contributed by atoms with Gasteiger partial charge in [-0.2, -0.15) is 16.7 Å². The molecule has 2 aromatic rings. The number of hydrogen-bond acceptors (Lipinski definition) is 10. The fourth-order valence-corrected chi connectivity index (χ4v) is 3.66. The molecule has 6 N–H and O–H groups in total. The Morgan fingerprint density at radius 1 is 1.41 bits per heavy atom. The minimum atomic E-state index is -4.77. The SMILES string of the molecule is CSCCCNc1nc2c(ncn2[C@@H]2O[C@H](COP(=O)(O)O)[C@@H](O)[C@H]2O)c(=O)[nH]1. The molecular weight excluding hydrogens is 429 g/mol. The van der Waals surface area contributed by atoms with Crippen molar-refractivity contribution < 1.29 is 33.8 Å². The van der Waals surface area contributed by atoms with Crippen molar-refractivity contribution >= 4 is 36.7 Å². The summed E-state index contributed by atoms with van der Waals surface area (Å²) in [4.78, 5) is 40.7. The molecule has 1 aliphatic heterocycles. The molecule has 0 aliphatic carbocycles. The van der Waals surface area contributed by atoms with E-state index < -0.39 is 44.5 Å². The number of aliphatic hydroxyl groups excluding tert-OH is 2. The smallest absolute Gasteiger partial charge is 0.387 e. The predicted octanol–water partition coefficient (Wildman–Crippen LogP) is -0.987. The van der Waals surface area contributed by atoms with Gasteiger partial charge < -0.3 is 30.1 Å². The number of aromatic amines is 1. The monoisotopic (exact) mass is 451 g/mol. The van der Waals surface area contributed by atoms with E-state index in [0.29, 0.717) is 6.54 Å². The van der Waals surface area contributed by atoms with Crippen molar-refractivity contribution in [2.75, 3.05) is 30.5 Å². The Hall–Kier alpha value is -1.51. The van der Waals surface area contributed by atoms with E-state index in [4.69, 9.17) is 14.5 Å². The quantitative estimate of drug-likeness (QED) is 0.202. The first-order valence-electron chi connectivity index (χ1n) is 8.62. The lowest BCUT2D eigenvalue weighted by Gasteiger charge is -2.16. The highest BCUT2D eigenvalue weighted by molar-refractivity contribution is 7.98. The molecular formula is C14H22N5O8PS. The minimum absolute atomic E-state index is 0.0138. The Morgan fingerprint density at radius 2 is 2.17 bits per heavy atom. The summed E-state index contributed by atoms with van der Waals surface area (Å²) in [5.41, 5.74) is -0.357. The van der Waals surface area contributed by atoms with Gasteiger partial charge >= 0.3 is 7.82 Å². The van der Waals surface area contributed by atoms with E-state index in [1.807, 2.05) is 6.26 Å². The molecule has 0 unspecified atom stereocenters. The maximum absolute atomic E-state index is 12.3. The number of rotatable bonds is 9. The molecule has 1 fully saturated rings. The van der Waals surface area contributed by atoms with E-state index in [1.165, 1.54) is 10.9 Å². The van der Waals surface area contributed by atoms with Crippen LogP contribution in [0, 0.1) is 0 Å². The normalized spacial score (nSPS) is 25.0. The van der Waals surface area contributed by atoms with Gasteiger partial charge in [-0.05, 0) is 18.4 Å². The van der Waals surface area contributed by atoms with Crippen LogP contribution in [0.1, 0.15) is 12.6 Å². The fraction of sp³-hybridized carbons (Fsp3) is 0.643. The Kier molecular flexibility index (Phi) is 6.96. The molecule has 2 aromatic heterocycles. The Balaban J connectivity index is 1.82. The number of thioether (sulfide) groups is 1. The molecule has 0 spiro atoms. The number of nitrogens with one attached hydrogen (secondary N) is 2. The van der Waals surface area contributed by atoms with Crippen molar-refractivity contribution in [3.63, 3.8) is 0 Å². The number of phosphoric acid groups is 1. The number of H-pyrrole nitrogens is 1. The molecule has 0 aromatic carbocycles. The van der Waals surface area contributed by atoms with Crippen LogP contribution in [0.3, 0.4) is 0 Å². The molecule has 29 heavy (non-hydrogen) atoms. The molecule has 3 heterocycles. The molecule has 162 valence electrons.